The molecule has 0 aliphatic heterocycles. The third kappa shape index (κ3) is 3.51. The molecule has 1 heterocycles. The number of rotatable bonds is 6. The molecule has 1 aromatic carbocycles. The summed E-state index contributed by atoms with van der Waals surface area (Å²) in [5, 5.41) is 14.5. The van der Waals surface area contributed by atoms with Crippen molar-refractivity contribution in [3.05, 3.63) is 52.0 Å². The van der Waals surface area contributed by atoms with Crippen molar-refractivity contribution in [2.45, 2.75) is 31.2 Å². The van der Waals surface area contributed by atoms with Crippen LogP contribution in [0, 0.1) is 0 Å². The molecular formula is C16H16N2O3S. The van der Waals surface area contributed by atoms with Crippen LogP contribution in [-0.4, -0.2) is 28.0 Å². The van der Waals surface area contributed by atoms with Gasteiger partial charge in [-0.05, 0) is 18.4 Å². The van der Waals surface area contributed by atoms with Gasteiger partial charge < -0.3 is 10.4 Å². The van der Waals surface area contributed by atoms with Crippen molar-refractivity contribution in [1.29, 1.82) is 0 Å². The van der Waals surface area contributed by atoms with Gasteiger partial charge in [-0.25, -0.2) is 9.78 Å². The molecule has 0 bridgehead atoms. The van der Waals surface area contributed by atoms with Crippen LogP contribution in [-0.2, 0) is 11.2 Å². The molecule has 1 fully saturated rings. The molecule has 3 rings (SSSR count). The molecule has 1 atom stereocenters. The van der Waals surface area contributed by atoms with Gasteiger partial charge in [0.15, 0.2) is 0 Å². The lowest BCUT2D eigenvalue weighted by Gasteiger charge is -2.13. The maximum absolute atomic E-state index is 12.2. The average molecular weight is 316 g/mol. The summed E-state index contributed by atoms with van der Waals surface area (Å²) in [5.41, 5.74) is 1.18. The molecule has 1 aliphatic rings. The first-order valence-electron chi connectivity index (χ1n) is 7.16. The summed E-state index contributed by atoms with van der Waals surface area (Å²) in [4.78, 5) is 27.8. The third-order valence-corrected chi connectivity index (χ3v) is 4.57. The van der Waals surface area contributed by atoms with E-state index in [0.717, 1.165) is 23.4 Å². The van der Waals surface area contributed by atoms with Crippen LogP contribution >= 0.6 is 11.3 Å². The van der Waals surface area contributed by atoms with Gasteiger partial charge in [0.2, 0.25) is 0 Å². The summed E-state index contributed by atoms with van der Waals surface area (Å²) in [6, 6.07) is 8.29. The van der Waals surface area contributed by atoms with Gasteiger partial charge in [0, 0.05) is 17.7 Å². The fraction of sp³-hybridized carbons (Fsp3) is 0.312. The first kappa shape index (κ1) is 14.7. The fourth-order valence-corrected chi connectivity index (χ4v) is 3.16. The Labute approximate surface area is 132 Å². The van der Waals surface area contributed by atoms with Crippen molar-refractivity contribution in [3.8, 4) is 0 Å². The highest BCUT2D eigenvalue weighted by Crippen LogP contribution is 2.41. The van der Waals surface area contributed by atoms with Gasteiger partial charge in [0.05, 0.1) is 5.01 Å². The number of nitrogens with one attached hydrogen (secondary N) is 1. The molecule has 0 radical (unpaired) electrons. The predicted octanol–water partition coefficient (Wildman–Crippen LogP) is 2.45. The van der Waals surface area contributed by atoms with E-state index in [2.05, 4.69) is 10.3 Å². The maximum Gasteiger partial charge on any atom is 0.326 e. The third-order valence-electron chi connectivity index (χ3n) is 3.57. The summed E-state index contributed by atoms with van der Waals surface area (Å²) in [5.74, 6) is -0.979. The first-order valence-corrected chi connectivity index (χ1v) is 8.04. The van der Waals surface area contributed by atoms with E-state index in [0.29, 0.717) is 11.6 Å². The van der Waals surface area contributed by atoms with E-state index in [-0.39, 0.29) is 6.42 Å². The molecule has 6 heteroatoms. The topological polar surface area (TPSA) is 79.3 Å². The standard InChI is InChI=1S/C16H16N2O3S/c19-14(13-9-22-15(18-13)11-6-7-11)17-12(16(20)21)8-10-4-2-1-3-5-10/h1-5,9,11-12H,6-8H2,(H,17,19)(H,20,21)/t12-/m1/s1. The lowest BCUT2D eigenvalue weighted by Crippen LogP contribution is -2.42. The zero-order valence-corrected chi connectivity index (χ0v) is 12.7. The summed E-state index contributed by atoms with van der Waals surface area (Å²) >= 11 is 1.47. The van der Waals surface area contributed by atoms with Crippen molar-refractivity contribution in [2.75, 3.05) is 0 Å². The Morgan fingerprint density at radius 2 is 2.05 bits per heavy atom. The number of aliphatic carboxylic acids is 1. The molecular weight excluding hydrogens is 300 g/mol. The van der Waals surface area contributed by atoms with E-state index in [9.17, 15) is 14.7 Å². The van der Waals surface area contributed by atoms with Crippen LogP contribution < -0.4 is 5.32 Å². The highest BCUT2D eigenvalue weighted by molar-refractivity contribution is 7.10. The zero-order valence-electron chi connectivity index (χ0n) is 11.9. The quantitative estimate of drug-likeness (QED) is 0.858. The second-order valence-electron chi connectivity index (χ2n) is 5.40. The fourth-order valence-electron chi connectivity index (χ4n) is 2.19. The minimum atomic E-state index is -1.05. The molecule has 0 unspecified atom stereocenters. The molecule has 5 nitrogen and oxygen atoms in total. The normalized spacial score (nSPS) is 15.3. The average Bonchev–Trinajstić information content (AvgIpc) is 3.24. The predicted molar refractivity (Wildman–Crippen MR) is 83.1 cm³/mol. The molecule has 0 spiro atoms. The molecule has 1 amide bonds. The van der Waals surface area contributed by atoms with Gasteiger partial charge in [-0.3, -0.25) is 4.79 Å². The maximum atomic E-state index is 12.2. The molecule has 0 saturated heterocycles. The van der Waals surface area contributed by atoms with E-state index in [1.165, 1.54) is 11.3 Å². The summed E-state index contributed by atoms with van der Waals surface area (Å²) in [6.45, 7) is 0. The van der Waals surface area contributed by atoms with Gasteiger partial charge >= 0.3 is 5.97 Å². The lowest BCUT2D eigenvalue weighted by molar-refractivity contribution is -0.139. The van der Waals surface area contributed by atoms with Crippen molar-refractivity contribution in [3.63, 3.8) is 0 Å². The highest BCUT2D eigenvalue weighted by Gasteiger charge is 2.28. The number of amides is 1. The van der Waals surface area contributed by atoms with E-state index in [1.54, 1.807) is 5.38 Å². The highest BCUT2D eigenvalue weighted by atomic mass is 32.1. The van der Waals surface area contributed by atoms with Crippen molar-refractivity contribution < 1.29 is 14.7 Å². The van der Waals surface area contributed by atoms with Crippen LogP contribution in [0.4, 0.5) is 0 Å². The minimum absolute atomic E-state index is 0.252. The van der Waals surface area contributed by atoms with E-state index >= 15 is 0 Å². The summed E-state index contributed by atoms with van der Waals surface area (Å²) in [6.07, 6.45) is 2.50. The molecule has 1 saturated carbocycles. The Morgan fingerprint density at radius 3 is 2.68 bits per heavy atom. The van der Waals surface area contributed by atoms with Gasteiger partial charge in [0.25, 0.3) is 5.91 Å². The Bertz CT molecular complexity index is 680. The van der Waals surface area contributed by atoms with Crippen LogP contribution in [0.15, 0.2) is 35.7 Å². The number of aromatic nitrogens is 1. The number of carbonyl (C=O) groups excluding carboxylic acids is 1. The van der Waals surface area contributed by atoms with Crippen LogP contribution in [0.3, 0.4) is 0 Å². The largest absolute Gasteiger partial charge is 0.480 e. The number of hydrogen-bond acceptors (Lipinski definition) is 4. The number of thiazole rings is 1. The molecule has 2 aromatic rings. The number of hydrogen-bond donors (Lipinski definition) is 2. The van der Waals surface area contributed by atoms with Crippen molar-refractivity contribution in [1.82, 2.24) is 10.3 Å². The van der Waals surface area contributed by atoms with E-state index in [4.69, 9.17) is 0 Å². The first-order chi connectivity index (χ1) is 10.6. The van der Waals surface area contributed by atoms with E-state index in [1.807, 2.05) is 30.3 Å². The zero-order chi connectivity index (χ0) is 15.5. The minimum Gasteiger partial charge on any atom is -0.480 e. The number of benzene rings is 1. The second kappa shape index (κ2) is 6.27. The Morgan fingerprint density at radius 1 is 1.32 bits per heavy atom. The Kier molecular flexibility index (Phi) is 4.20. The SMILES string of the molecule is O=C(N[C@H](Cc1ccccc1)C(=O)O)c1csc(C2CC2)n1. The van der Waals surface area contributed by atoms with Crippen LogP contribution in [0.2, 0.25) is 0 Å². The molecule has 22 heavy (non-hydrogen) atoms. The molecule has 2 N–H and O–H groups in total. The molecule has 1 aliphatic carbocycles. The Balaban J connectivity index is 1.67. The number of nitrogens with zero attached hydrogens (tertiary/aromatic N) is 1. The summed E-state index contributed by atoms with van der Waals surface area (Å²) in [7, 11) is 0. The van der Waals surface area contributed by atoms with Gasteiger partial charge in [-0.15, -0.1) is 11.3 Å². The molecule has 1 aromatic heterocycles. The monoisotopic (exact) mass is 316 g/mol. The second-order valence-corrected chi connectivity index (χ2v) is 6.29. The van der Waals surface area contributed by atoms with Crippen molar-refractivity contribution in [2.24, 2.45) is 0 Å². The number of carbonyl (C=O) groups is 2. The Hall–Kier alpha value is -2.21. The van der Waals surface area contributed by atoms with Crippen molar-refractivity contribution >= 4 is 23.2 Å². The van der Waals surface area contributed by atoms with Gasteiger partial charge in [0.1, 0.15) is 11.7 Å². The smallest absolute Gasteiger partial charge is 0.326 e. The van der Waals surface area contributed by atoms with E-state index < -0.39 is 17.9 Å². The number of carboxylic acids is 1. The summed E-state index contributed by atoms with van der Waals surface area (Å²) < 4.78 is 0. The van der Waals surface area contributed by atoms with Gasteiger partial charge in [-0.2, -0.15) is 0 Å². The van der Waals surface area contributed by atoms with Crippen LogP contribution in [0.25, 0.3) is 0 Å². The van der Waals surface area contributed by atoms with Gasteiger partial charge in [-0.1, -0.05) is 30.3 Å². The van der Waals surface area contributed by atoms with Crippen LogP contribution in [0.5, 0.6) is 0 Å². The number of carboxylic acid groups (broad SMARTS) is 1. The lowest BCUT2D eigenvalue weighted by atomic mass is 10.1. The molecule has 114 valence electrons. The van der Waals surface area contributed by atoms with Crippen LogP contribution in [0.1, 0.15) is 39.8 Å².